The summed E-state index contributed by atoms with van der Waals surface area (Å²) in [6.45, 7) is 2.12. The van der Waals surface area contributed by atoms with E-state index in [1.165, 1.54) is 5.69 Å². The number of aliphatic carboxylic acids is 1. The monoisotopic (exact) mass is 258 g/mol. The average molecular weight is 258 g/mol. The van der Waals surface area contributed by atoms with Crippen molar-refractivity contribution in [3.63, 3.8) is 0 Å². The molecule has 1 aliphatic heterocycles. The van der Waals surface area contributed by atoms with Crippen LogP contribution in [-0.2, 0) is 11.2 Å². The van der Waals surface area contributed by atoms with Gasteiger partial charge in [0.15, 0.2) is 0 Å². The summed E-state index contributed by atoms with van der Waals surface area (Å²) >= 11 is 0. The number of hydrogen-bond acceptors (Lipinski definition) is 2. The lowest BCUT2D eigenvalue weighted by atomic mass is 9.92. The fraction of sp³-hybridized carbons (Fsp3) is 0.400. The number of aromatic nitrogens is 1. The molecule has 0 bridgehead atoms. The van der Waals surface area contributed by atoms with Gasteiger partial charge >= 0.3 is 0 Å². The zero-order valence-electron chi connectivity index (χ0n) is 11.0. The molecule has 0 saturated carbocycles. The molecule has 0 fully saturated rings. The third-order valence-corrected chi connectivity index (χ3v) is 4.01. The van der Waals surface area contributed by atoms with Gasteiger partial charge in [-0.2, -0.15) is 0 Å². The summed E-state index contributed by atoms with van der Waals surface area (Å²) in [7, 11) is 0. The predicted molar refractivity (Wildman–Crippen MR) is 70.4 cm³/mol. The number of nitrogens with one attached hydrogen (secondary N) is 1. The van der Waals surface area contributed by atoms with Gasteiger partial charge in [0.25, 0.3) is 0 Å². The van der Waals surface area contributed by atoms with E-state index in [1.54, 1.807) is 0 Å². The van der Waals surface area contributed by atoms with E-state index in [4.69, 9.17) is 0 Å². The van der Waals surface area contributed by atoms with Crippen molar-refractivity contribution in [2.45, 2.75) is 38.3 Å². The summed E-state index contributed by atoms with van der Waals surface area (Å²) in [6, 6.07) is 7.83. The van der Waals surface area contributed by atoms with E-state index in [0.717, 1.165) is 29.3 Å². The number of rotatable bonds is 3. The van der Waals surface area contributed by atoms with E-state index in [2.05, 4.69) is 18.0 Å². The van der Waals surface area contributed by atoms with Gasteiger partial charge in [0.2, 0.25) is 0 Å². The molecular formula is C15H18N2O2. The summed E-state index contributed by atoms with van der Waals surface area (Å²) in [5.41, 5.74) is 3.45. The minimum Gasteiger partial charge on any atom is -0.544 e. The predicted octanol–water partition coefficient (Wildman–Crippen LogP) is 0.247. The second kappa shape index (κ2) is 4.70. The third-order valence-electron chi connectivity index (χ3n) is 4.01. The Morgan fingerprint density at radius 1 is 1.47 bits per heavy atom. The Hall–Kier alpha value is -1.81. The second-order valence-corrected chi connectivity index (χ2v) is 5.28. The van der Waals surface area contributed by atoms with Crippen LogP contribution in [-0.4, -0.2) is 17.0 Å². The number of carboxylic acids is 1. The van der Waals surface area contributed by atoms with Crippen LogP contribution in [0.2, 0.25) is 0 Å². The second-order valence-electron chi connectivity index (χ2n) is 5.28. The number of carbonyl (C=O) groups excluding carboxylic acids is 1. The van der Waals surface area contributed by atoms with Crippen molar-refractivity contribution >= 4 is 16.9 Å². The Bertz CT molecular complexity index is 618. The Morgan fingerprint density at radius 2 is 2.26 bits per heavy atom. The van der Waals surface area contributed by atoms with E-state index in [9.17, 15) is 9.90 Å². The molecule has 2 atom stereocenters. The number of H-pyrrole nitrogens is 1. The fourth-order valence-corrected chi connectivity index (χ4v) is 3.14. The molecule has 0 aliphatic carbocycles. The van der Waals surface area contributed by atoms with Crippen molar-refractivity contribution < 1.29 is 15.2 Å². The van der Waals surface area contributed by atoms with Gasteiger partial charge in [-0.15, -0.1) is 0 Å². The smallest absolute Gasteiger partial charge is 0.131 e. The Balaban J connectivity index is 2.11. The van der Waals surface area contributed by atoms with Gasteiger partial charge in [0.05, 0.1) is 11.7 Å². The molecule has 1 aromatic carbocycles. The highest BCUT2D eigenvalue weighted by Gasteiger charge is 2.32. The molecule has 0 unspecified atom stereocenters. The first-order chi connectivity index (χ1) is 9.20. The van der Waals surface area contributed by atoms with Crippen LogP contribution in [0.1, 0.15) is 37.1 Å². The zero-order chi connectivity index (χ0) is 13.4. The van der Waals surface area contributed by atoms with Crippen LogP contribution in [0.15, 0.2) is 24.3 Å². The van der Waals surface area contributed by atoms with Crippen LogP contribution < -0.4 is 10.4 Å². The minimum atomic E-state index is -0.961. The number of aromatic amines is 1. The molecule has 4 heteroatoms. The Labute approximate surface area is 111 Å². The highest BCUT2D eigenvalue weighted by atomic mass is 16.4. The molecule has 100 valence electrons. The lowest BCUT2D eigenvalue weighted by Crippen LogP contribution is -2.95. The molecule has 0 saturated heterocycles. The highest BCUT2D eigenvalue weighted by Crippen LogP contribution is 2.30. The highest BCUT2D eigenvalue weighted by molar-refractivity contribution is 5.86. The van der Waals surface area contributed by atoms with Crippen molar-refractivity contribution in [1.82, 2.24) is 4.98 Å². The van der Waals surface area contributed by atoms with E-state index < -0.39 is 12.0 Å². The standard InChI is InChI=1S/C15H18N2O2/c1-2-5-12-14-10(8-13(16-12)15(18)19)9-6-3-4-7-11(9)17-14/h3-4,6-7,12-13,16-17H,2,5,8H2,1H3,(H,18,19)/t12-,13-/m0/s1. The molecule has 3 rings (SSSR count). The SMILES string of the molecule is CCC[C@@H]1[NH2+][C@H](C(=O)[O-])Cc2c1[nH]c1ccccc21. The van der Waals surface area contributed by atoms with Crippen molar-refractivity contribution in [3.05, 3.63) is 35.5 Å². The summed E-state index contributed by atoms with van der Waals surface area (Å²) in [4.78, 5) is 14.7. The van der Waals surface area contributed by atoms with E-state index in [0.29, 0.717) is 6.42 Å². The molecule has 2 heterocycles. The van der Waals surface area contributed by atoms with Gasteiger partial charge in [-0.1, -0.05) is 31.5 Å². The molecule has 0 spiro atoms. The van der Waals surface area contributed by atoms with Crippen molar-refractivity contribution in [1.29, 1.82) is 0 Å². The van der Waals surface area contributed by atoms with Crippen LogP contribution in [0, 0.1) is 0 Å². The molecule has 1 aliphatic rings. The van der Waals surface area contributed by atoms with Crippen LogP contribution in [0.5, 0.6) is 0 Å². The molecule has 0 amide bonds. The number of carboxylic acid groups (broad SMARTS) is 1. The van der Waals surface area contributed by atoms with Crippen molar-refractivity contribution in [3.8, 4) is 0 Å². The maximum Gasteiger partial charge on any atom is 0.131 e. The molecular weight excluding hydrogens is 240 g/mol. The van der Waals surface area contributed by atoms with E-state index in [1.807, 2.05) is 23.5 Å². The van der Waals surface area contributed by atoms with Crippen LogP contribution in [0.25, 0.3) is 10.9 Å². The third kappa shape index (κ3) is 2.02. The molecule has 19 heavy (non-hydrogen) atoms. The summed E-state index contributed by atoms with van der Waals surface area (Å²) in [5.74, 6) is -0.961. The number of nitrogens with two attached hydrogens (primary N) is 1. The van der Waals surface area contributed by atoms with Gasteiger partial charge in [-0.3, -0.25) is 0 Å². The first-order valence-electron chi connectivity index (χ1n) is 6.86. The summed E-state index contributed by atoms with van der Waals surface area (Å²) in [6.07, 6.45) is 2.56. The Kier molecular flexibility index (Phi) is 3.03. The van der Waals surface area contributed by atoms with Gasteiger partial charge in [0.1, 0.15) is 12.1 Å². The van der Waals surface area contributed by atoms with E-state index >= 15 is 0 Å². The van der Waals surface area contributed by atoms with Crippen LogP contribution in [0.3, 0.4) is 0 Å². The van der Waals surface area contributed by atoms with Gasteiger partial charge in [0, 0.05) is 23.7 Å². The zero-order valence-corrected chi connectivity index (χ0v) is 11.0. The number of fused-ring (bicyclic) bond motifs is 3. The summed E-state index contributed by atoms with van der Waals surface area (Å²) in [5, 5.41) is 14.3. The van der Waals surface area contributed by atoms with E-state index in [-0.39, 0.29) is 6.04 Å². The number of quaternary nitrogens is 1. The largest absolute Gasteiger partial charge is 0.544 e. The maximum atomic E-state index is 11.2. The first kappa shape index (κ1) is 12.2. The first-order valence-corrected chi connectivity index (χ1v) is 6.86. The van der Waals surface area contributed by atoms with Gasteiger partial charge in [-0.25, -0.2) is 0 Å². The minimum absolute atomic E-state index is 0.198. The fourth-order valence-electron chi connectivity index (χ4n) is 3.14. The van der Waals surface area contributed by atoms with Crippen molar-refractivity contribution in [2.24, 2.45) is 0 Å². The lowest BCUT2D eigenvalue weighted by molar-refractivity contribution is -0.726. The molecule has 2 aromatic rings. The lowest BCUT2D eigenvalue weighted by Gasteiger charge is -2.28. The van der Waals surface area contributed by atoms with Crippen LogP contribution in [0.4, 0.5) is 0 Å². The molecule has 1 aromatic heterocycles. The van der Waals surface area contributed by atoms with Crippen molar-refractivity contribution in [2.75, 3.05) is 0 Å². The number of hydrogen-bond donors (Lipinski definition) is 2. The molecule has 0 radical (unpaired) electrons. The Morgan fingerprint density at radius 3 is 3.00 bits per heavy atom. The van der Waals surface area contributed by atoms with Gasteiger partial charge < -0.3 is 20.2 Å². The number of para-hydroxylation sites is 1. The molecule has 4 nitrogen and oxygen atoms in total. The number of benzene rings is 1. The quantitative estimate of drug-likeness (QED) is 0.828. The maximum absolute atomic E-state index is 11.2. The molecule has 3 N–H and O–H groups in total. The number of carbonyl (C=O) groups is 1. The average Bonchev–Trinajstić information content (AvgIpc) is 2.78. The summed E-state index contributed by atoms with van der Waals surface area (Å²) < 4.78 is 0. The van der Waals surface area contributed by atoms with Gasteiger partial charge in [-0.05, 0) is 11.6 Å². The van der Waals surface area contributed by atoms with Crippen LogP contribution >= 0.6 is 0 Å². The normalized spacial score (nSPS) is 22.4. The topological polar surface area (TPSA) is 72.5 Å².